The topological polar surface area (TPSA) is 116 Å². The smallest absolute Gasteiger partial charge is 0.419 e. The van der Waals surface area contributed by atoms with Crippen molar-refractivity contribution in [3.8, 4) is 11.3 Å². The number of carbonyl (C=O) groups excluding carboxylic acids is 2. The van der Waals surface area contributed by atoms with Crippen LogP contribution in [0.3, 0.4) is 0 Å². The van der Waals surface area contributed by atoms with Gasteiger partial charge in [0.1, 0.15) is 28.4 Å². The van der Waals surface area contributed by atoms with Gasteiger partial charge in [-0.25, -0.2) is 19.7 Å². The van der Waals surface area contributed by atoms with E-state index in [0.717, 1.165) is 19.0 Å². The molecule has 3 saturated heterocycles. The lowest BCUT2D eigenvalue weighted by Gasteiger charge is -2.44. The van der Waals surface area contributed by atoms with Crippen LogP contribution >= 0.6 is 0 Å². The number of hydrogen-bond donors (Lipinski definition) is 2. The van der Waals surface area contributed by atoms with E-state index >= 15 is 0 Å². The van der Waals surface area contributed by atoms with Gasteiger partial charge in [-0.1, -0.05) is 0 Å². The van der Waals surface area contributed by atoms with E-state index < -0.39 is 23.4 Å². The lowest BCUT2D eigenvalue weighted by Crippen LogP contribution is -2.52. The molecule has 3 aliphatic heterocycles. The van der Waals surface area contributed by atoms with Gasteiger partial charge in [0.15, 0.2) is 0 Å². The number of hydrogen-bond acceptors (Lipinski definition) is 8. The predicted molar refractivity (Wildman–Crippen MR) is 150 cm³/mol. The number of Topliss-reactive ketones (excluding diaryl/α,β-unsaturated/α-hetero) is 1. The number of pyridine rings is 1. The fraction of sp³-hybridized carbons (Fsp3) is 0.552. The molecule has 3 atom stereocenters. The van der Waals surface area contributed by atoms with Crippen LogP contribution in [-0.4, -0.2) is 74.0 Å². The number of likely N-dealkylation sites (tertiary alicyclic amines) is 1. The Morgan fingerprint density at radius 3 is 2.62 bits per heavy atom. The van der Waals surface area contributed by atoms with Crippen molar-refractivity contribution in [1.29, 1.82) is 0 Å². The molecule has 4 aliphatic rings. The number of aromatic nitrogens is 4. The third kappa shape index (κ3) is 5.60. The Morgan fingerprint density at radius 1 is 1.12 bits per heavy atom. The Hall–Kier alpha value is -3.90. The number of rotatable bonds is 4. The molecule has 1 aliphatic carbocycles. The Labute approximate surface area is 241 Å². The van der Waals surface area contributed by atoms with Gasteiger partial charge in [0.25, 0.3) is 0 Å². The SMILES string of the molecule is CC(C)(C)OC(=O)N1CCC[C@H](Nc2ncc(C(F)(F)F)c(-c3c[nH]c4nc(N5CC6CCC5CC6=O)ccc34)n2)C1. The molecule has 10 nitrogen and oxygen atoms in total. The first kappa shape index (κ1) is 28.2. The van der Waals surface area contributed by atoms with Crippen molar-refractivity contribution >= 4 is 34.7 Å². The lowest BCUT2D eigenvalue weighted by molar-refractivity contribution is -0.137. The van der Waals surface area contributed by atoms with Gasteiger partial charge in [0.2, 0.25) is 5.95 Å². The average Bonchev–Trinajstić information content (AvgIpc) is 3.35. The van der Waals surface area contributed by atoms with Crippen LogP contribution in [0.15, 0.2) is 24.5 Å². The number of anilines is 2. The van der Waals surface area contributed by atoms with Crippen LogP contribution in [-0.2, 0) is 15.7 Å². The molecule has 1 amide bonds. The fourth-order valence-electron chi connectivity index (χ4n) is 6.17. The highest BCUT2D eigenvalue weighted by Gasteiger charge is 2.40. The Kier molecular flexibility index (Phi) is 7.01. The third-order valence-corrected chi connectivity index (χ3v) is 8.17. The van der Waals surface area contributed by atoms with Crippen molar-refractivity contribution in [1.82, 2.24) is 24.8 Å². The molecule has 0 spiro atoms. The number of aromatic amines is 1. The quantitative estimate of drug-likeness (QED) is 0.418. The average molecular weight is 586 g/mol. The molecular formula is C29H34F3N7O3. The minimum absolute atomic E-state index is 0.00774. The second kappa shape index (κ2) is 10.4. The predicted octanol–water partition coefficient (Wildman–Crippen LogP) is 5.41. The number of piperidine rings is 3. The number of H-pyrrole nitrogens is 1. The number of carbonyl (C=O) groups is 2. The van der Waals surface area contributed by atoms with E-state index in [-0.39, 0.29) is 35.2 Å². The van der Waals surface area contributed by atoms with Crippen LogP contribution < -0.4 is 10.2 Å². The number of nitrogens with one attached hydrogen (secondary N) is 2. The van der Waals surface area contributed by atoms with Gasteiger partial charge >= 0.3 is 12.3 Å². The standard InChI is InChI=1S/C29H34F3N7O3/c1-28(2,3)42-27(41)38-10-4-5-17(15-38)35-26-34-13-21(29(30,31)32)24(37-26)20-12-33-25-19(20)8-9-23(36-25)39-14-16-6-7-18(39)11-22(16)40/h8-9,12-13,16-18H,4-7,10-11,14-15H2,1-3H3,(H,33,36)(H,34,35,37)/t16?,17-,18?/m0/s1. The van der Waals surface area contributed by atoms with Crippen molar-refractivity contribution < 1.29 is 27.5 Å². The molecule has 3 aromatic rings. The van der Waals surface area contributed by atoms with Crippen molar-refractivity contribution in [2.75, 3.05) is 29.9 Å². The first-order valence-corrected chi connectivity index (χ1v) is 14.3. The summed E-state index contributed by atoms with van der Waals surface area (Å²) in [5.41, 5.74) is -1.15. The maximum atomic E-state index is 14.1. The normalized spacial score (nSPS) is 23.0. The molecule has 224 valence electrons. The third-order valence-electron chi connectivity index (χ3n) is 8.17. The lowest BCUT2D eigenvalue weighted by atomic mass is 9.79. The second-order valence-corrected chi connectivity index (χ2v) is 12.4. The highest BCUT2D eigenvalue weighted by molar-refractivity contribution is 5.94. The van der Waals surface area contributed by atoms with Crippen LogP contribution in [0.4, 0.5) is 29.7 Å². The van der Waals surface area contributed by atoms with Gasteiger partial charge in [-0.3, -0.25) is 4.79 Å². The van der Waals surface area contributed by atoms with Crippen LogP contribution in [0.25, 0.3) is 22.3 Å². The van der Waals surface area contributed by atoms with E-state index in [1.54, 1.807) is 37.8 Å². The first-order valence-electron chi connectivity index (χ1n) is 14.3. The molecule has 2 unspecified atom stereocenters. The van der Waals surface area contributed by atoms with E-state index in [9.17, 15) is 22.8 Å². The second-order valence-electron chi connectivity index (χ2n) is 12.4. The summed E-state index contributed by atoms with van der Waals surface area (Å²) >= 11 is 0. The minimum atomic E-state index is -4.68. The van der Waals surface area contributed by atoms with Gasteiger partial charge in [0.05, 0.1) is 5.69 Å². The van der Waals surface area contributed by atoms with Gasteiger partial charge in [-0.05, 0) is 58.6 Å². The van der Waals surface area contributed by atoms with Gasteiger partial charge < -0.3 is 24.8 Å². The number of ether oxygens (including phenoxy) is 1. The summed E-state index contributed by atoms with van der Waals surface area (Å²) in [4.78, 5) is 44.5. The van der Waals surface area contributed by atoms with E-state index in [2.05, 4.69) is 25.2 Å². The summed E-state index contributed by atoms with van der Waals surface area (Å²) in [7, 11) is 0. The zero-order chi connectivity index (χ0) is 29.8. The summed E-state index contributed by atoms with van der Waals surface area (Å²) in [6.07, 6.45) is 0.883. The zero-order valence-electron chi connectivity index (χ0n) is 23.8. The number of fused-ring (bicyclic) bond motifs is 4. The van der Waals surface area contributed by atoms with E-state index in [0.29, 0.717) is 61.5 Å². The maximum Gasteiger partial charge on any atom is 0.419 e. The molecule has 4 fully saturated rings. The maximum absolute atomic E-state index is 14.1. The van der Waals surface area contributed by atoms with Crippen LogP contribution in [0.1, 0.15) is 58.4 Å². The molecule has 2 N–H and O–H groups in total. The molecule has 2 bridgehead atoms. The minimum Gasteiger partial charge on any atom is -0.444 e. The highest BCUT2D eigenvalue weighted by Crippen LogP contribution is 2.40. The Balaban J connectivity index is 1.27. The number of halogens is 3. The summed E-state index contributed by atoms with van der Waals surface area (Å²) < 4.78 is 47.8. The van der Waals surface area contributed by atoms with Crippen molar-refractivity contribution in [2.24, 2.45) is 5.92 Å². The van der Waals surface area contributed by atoms with Crippen LogP contribution in [0.5, 0.6) is 0 Å². The van der Waals surface area contributed by atoms with Gasteiger partial charge in [-0.2, -0.15) is 13.2 Å². The van der Waals surface area contributed by atoms with Crippen LogP contribution in [0.2, 0.25) is 0 Å². The van der Waals surface area contributed by atoms with Crippen molar-refractivity contribution in [3.63, 3.8) is 0 Å². The molecular weight excluding hydrogens is 551 g/mol. The van der Waals surface area contributed by atoms with Crippen LogP contribution in [0, 0.1) is 5.92 Å². The fourth-order valence-corrected chi connectivity index (χ4v) is 6.17. The highest BCUT2D eigenvalue weighted by atomic mass is 19.4. The van der Waals surface area contributed by atoms with Crippen molar-refractivity contribution in [2.45, 2.75) is 76.7 Å². The van der Waals surface area contributed by atoms with Gasteiger partial charge in [-0.15, -0.1) is 0 Å². The number of alkyl halides is 3. The molecule has 7 rings (SSSR count). The Morgan fingerprint density at radius 2 is 1.93 bits per heavy atom. The zero-order valence-corrected chi connectivity index (χ0v) is 23.8. The molecule has 13 heteroatoms. The van der Waals surface area contributed by atoms with E-state index in [4.69, 9.17) is 9.72 Å². The molecule has 0 aromatic carbocycles. The number of nitrogens with zero attached hydrogens (tertiary/aromatic N) is 5. The largest absolute Gasteiger partial charge is 0.444 e. The number of ketones is 1. The van der Waals surface area contributed by atoms with E-state index in [1.165, 1.54) is 6.20 Å². The first-order chi connectivity index (χ1) is 19.9. The summed E-state index contributed by atoms with van der Waals surface area (Å²) in [5.74, 6) is 1.05. The number of amides is 1. The molecule has 3 aromatic heterocycles. The summed E-state index contributed by atoms with van der Waals surface area (Å²) in [6, 6.07) is 3.39. The van der Waals surface area contributed by atoms with Crippen molar-refractivity contribution in [3.05, 3.63) is 30.1 Å². The molecule has 0 radical (unpaired) electrons. The Bertz CT molecular complexity index is 1520. The molecule has 1 saturated carbocycles. The summed E-state index contributed by atoms with van der Waals surface area (Å²) in [5, 5.41) is 3.63. The monoisotopic (exact) mass is 585 g/mol. The van der Waals surface area contributed by atoms with E-state index in [1.807, 2.05) is 0 Å². The molecule has 42 heavy (non-hydrogen) atoms. The molecule has 6 heterocycles. The van der Waals surface area contributed by atoms with Gasteiger partial charge in [0, 0.05) is 67.4 Å². The summed E-state index contributed by atoms with van der Waals surface area (Å²) in [6.45, 7) is 6.85.